The molecule has 19 heavy (non-hydrogen) atoms. The van der Waals surface area contributed by atoms with Gasteiger partial charge in [-0.15, -0.1) is 0 Å². The minimum Gasteiger partial charge on any atom is -0.322 e. The van der Waals surface area contributed by atoms with Gasteiger partial charge in [-0.3, -0.25) is 4.79 Å². The van der Waals surface area contributed by atoms with Gasteiger partial charge in [0.2, 0.25) is 0 Å². The van der Waals surface area contributed by atoms with Crippen LogP contribution in [0.25, 0.3) is 0 Å². The molecule has 0 fully saturated rings. The summed E-state index contributed by atoms with van der Waals surface area (Å²) in [7, 11) is 0. The highest BCUT2D eigenvalue weighted by atomic mass is 35.5. The molecule has 0 saturated carbocycles. The van der Waals surface area contributed by atoms with E-state index in [2.05, 4.69) is 5.32 Å². The van der Waals surface area contributed by atoms with Gasteiger partial charge in [0.1, 0.15) is 5.82 Å². The number of rotatable bonds is 2. The summed E-state index contributed by atoms with van der Waals surface area (Å²) in [6.45, 7) is 1.71. The lowest BCUT2D eigenvalue weighted by Crippen LogP contribution is -2.13. The Morgan fingerprint density at radius 1 is 1.16 bits per heavy atom. The highest BCUT2D eigenvalue weighted by Crippen LogP contribution is 2.23. The zero-order valence-electron chi connectivity index (χ0n) is 10.0. The summed E-state index contributed by atoms with van der Waals surface area (Å²) >= 11 is 11.8. The number of anilines is 1. The Morgan fingerprint density at radius 2 is 1.89 bits per heavy atom. The lowest BCUT2D eigenvalue weighted by molar-refractivity contribution is 0.102. The summed E-state index contributed by atoms with van der Waals surface area (Å²) in [4.78, 5) is 12.1. The molecule has 0 bridgehead atoms. The monoisotopic (exact) mass is 297 g/mol. The van der Waals surface area contributed by atoms with Crippen LogP contribution < -0.4 is 5.32 Å². The first-order valence-electron chi connectivity index (χ1n) is 5.50. The average Bonchev–Trinajstić information content (AvgIpc) is 2.35. The van der Waals surface area contributed by atoms with Crippen molar-refractivity contribution in [1.82, 2.24) is 0 Å². The minimum absolute atomic E-state index is 0.276. The Morgan fingerprint density at radius 3 is 2.58 bits per heavy atom. The fourth-order valence-electron chi connectivity index (χ4n) is 1.63. The van der Waals surface area contributed by atoms with Crippen LogP contribution in [0.3, 0.4) is 0 Å². The molecular formula is C14H10Cl2FNO. The van der Waals surface area contributed by atoms with E-state index in [-0.39, 0.29) is 17.3 Å². The van der Waals surface area contributed by atoms with Crippen LogP contribution in [0.2, 0.25) is 10.0 Å². The Kier molecular flexibility index (Phi) is 4.08. The molecule has 0 aromatic heterocycles. The summed E-state index contributed by atoms with van der Waals surface area (Å²) in [6.07, 6.45) is 0. The Hall–Kier alpha value is -1.58. The van der Waals surface area contributed by atoms with Gasteiger partial charge in [0, 0.05) is 10.7 Å². The zero-order valence-corrected chi connectivity index (χ0v) is 11.5. The number of carbonyl (C=O) groups is 1. The van der Waals surface area contributed by atoms with Crippen LogP contribution in [0.15, 0.2) is 36.4 Å². The van der Waals surface area contributed by atoms with Crippen LogP contribution in [-0.2, 0) is 0 Å². The van der Waals surface area contributed by atoms with Crippen LogP contribution in [0.4, 0.5) is 10.1 Å². The quantitative estimate of drug-likeness (QED) is 0.856. The highest BCUT2D eigenvalue weighted by Gasteiger charge is 2.12. The van der Waals surface area contributed by atoms with Crippen LogP contribution >= 0.6 is 23.2 Å². The number of aryl methyl sites for hydroxylation is 1. The van der Waals surface area contributed by atoms with E-state index in [4.69, 9.17) is 23.2 Å². The number of benzene rings is 2. The Labute approximate surface area is 120 Å². The van der Waals surface area contributed by atoms with Gasteiger partial charge in [0.15, 0.2) is 0 Å². The van der Waals surface area contributed by atoms with Crippen molar-refractivity contribution >= 4 is 34.8 Å². The van der Waals surface area contributed by atoms with Crippen molar-refractivity contribution < 1.29 is 9.18 Å². The number of carbonyl (C=O) groups excluding carboxylic acids is 1. The molecule has 0 atom stereocenters. The summed E-state index contributed by atoms with van der Waals surface area (Å²) < 4.78 is 13.0. The third kappa shape index (κ3) is 3.25. The van der Waals surface area contributed by atoms with E-state index in [1.165, 1.54) is 24.3 Å². The molecule has 0 radical (unpaired) electrons. The summed E-state index contributed by atoms with van der Waals surface area (Å²) in [5.41, 5.74) is 1.44. The fraction of sp³-hybridized carbons (Fsp3) is 0.0714. The molecule has 2 nitrogen and oxygen atoms in total. The van der Waals surface area contributed by atoms with E-state index in [0.29, 0.717) is 21.3 Å². The van der Waals surface area contributed by atoms with Crippen molar-refractivity contribution in [3.63, 3.8) is 0 Å². The summed E-state index contributed by atoms with van der Waals surface area (Å²) in [6, 6.07) is 8.76. The molecule has 0 aliphatic heterocycles. The molecule has 0 heterocycles. The zero-order chi connectivity index (χ0) is 14.0. The fourth-order valence-corrected chi connectivity index (χ4v) is 2.00. The van der Waals surface area contributed by atoms with E-state index in [1.54, 1.807) is 19.1 Å². The predicted molar refractivity (Wildman–Crippen MR) is 75.6 cm³/mol. The van der Waals surface area contributed by atoms with Crippen molar-refractivity contribution in [2.45, 2.75) is 6.92 Å². The van der Waals surface area contributed by atoms with Crippen molar-refractivity contribution in [3.8, 4) is 0 Å². The SMILES string of the molecule is Cc1cc(F)ccc1NC(=O)c1cc(Cl)ccc1Cl. The average molecular weight is 298 g/mol. The number of halogens is 3. The molecule has 2 aromatic rings. The lowest BCUT2D eigenvalue weighted by Gasteiger charge is -2.09. The third-order valence-electron chi connectivity index (χ3n) is 2.61. The van der Waals surface area contributed by atoms with Crippen molar-refractivity contribution in [3.05, 3.63) is 63.4 Å². The van der Waals surface area contributed by atoms with Crippen LogP contribution in [0, 0.1) is 12.7 Å². The molecule has 1 N–H and O–H groups in total. The van der Waals surface area contributed by atoms with Gasteiger partial charge in [-0.2, -0.15) is 0 Å². The molecule has 98 valence electrons. The van der Waals surface area contributed by atoms with E-state index in [9.17, 15) is 9.18 Å². The molecule has 0 spiro atoms. The number of nitrogens with one attached hydrogen (secondary N) is 1. The molecule has 2 rings (SSSR count). The van der Waals surface area contributed by atoms with Gasteiger partial charge >= 0.3 is 0 Å². The Balaban J connectivity index is 2.28. The molecule has 0 aliphatic carbocycles. The van der Waals surface area contributed by atoms with Crippen molar-refractivity contribution in [2.75, 3.05) is 5.32 Å². The van der Waals surface area contributed by atoms with Gasteiger partial charge in [-0.05, 0) is 48.9 Å². The van der Waals surface area contributed by atoms with E-state index in [1.807, 2.05) is 0 Å². The second kappa shape index (κ2) is 5.59. The number of hydrogen-bond acceptors (Lipinski definition) is 1. The smallest absolute Gasteiger partial charge is 0.257 e. The standard InChI is InChI=1S/C14H10Cl2FNO/c1-8-6-10(17)3-5-13(8)18-14(19)11-7-9(15)2-4-12(11)16/h2-7H,1H3,(H,18,19). The van der Waals surface area contributed by atoms with E-state index < -0.39 is 0 Å². The maximum atomic E-state index is 13.0. The normalized spacial score (nSPS) is 10.3. The first kappa shape index (κ1) is 13.8. The molecule has 0 aliphatic rings. The first-order chi connectivity index (χ1) is 8.97. The molecular weight excluding hydrogens is 288 g/mol. The molecule has 1 amide bonds. The molecule has 0 unspecified atom stereocenters. The highest BCUT2D eigenvalue weighted by molar-refractivity contribution is 6.36. The van der Waals surface area contributed by atoms with Crippen LogP contribution in [-0.4, -0.2) is 5.91 Å². The van der Waals surface area contributed by atoms with Crippen molar-refractivity contribution in [1.29, 1.82) is 0 Å². The topological polar surface area (TPSA) is 29.1 Å². The number of hydrogen-bond donors (Lipinski definition) is 1. The minimum atomic E-state index is -0.387. The van der Waals surface area contributed by atoms with Gasteiger partial charge in [0.25, 0.3) is 5.91 Å². The predicted octanol–water partition coefficient (Wildman–Crippen LogP) is 4.69. The second-order valence-corrected chi connectivity index (χ2v) is 4.88. The van der Waals surface area contributed by atoms with Crippen LogP contribution in [0.1, 0.15) is 15.9 Å². The first-order valence-corrected chi connectivity index (χ1v) is 6.25. The van der Waals surface area contributed by atoms with Crippen LogP contribution in [0.5, 0.6) is 0 Å². The van der Waals surface area contributed by atoms with E-state index in [0.717, 1.165) is 0 Å². The Bertz CT molecular complexity index is 643. The summed E-state index contributed by atoms with van der Waals surface area (Å²) in [5.74, 6) is -0.738. The molecule has 2 aromatic carbocycles. The summed E-state index contributed by atoms with van der Waals surface area (Å²) in [5, 5.41) is 3.40. The van der Waals surface area contributed by atoms with E-state index >= 15 is 0 Å². The second-order valence-electron chi connectivity index (χ2n) is 4.04. The molecule has 5 heteroatoms. The maximum Gasteiger partial charge on any atom is 0.257 e. The molecule has 0 saturated heterocycles. The van der Waals surface area contributed by atoms with Gasteiger partial charge in [-0.25, -0.2) is 4.39 Å². The van der Waals surface area contributed by atoms with Crippen molar-refractivity contribution in [2.24, 2.45) is 0 Å². The largest absolute Gasteiger partial charge is 0.322 e. The third-order valence-corrected chi connectivity index (χ3v) is 3.17. The lowest BCUT2D eigenvalue weighted by atomic mass is 10.1. The number of amides is 1. The van der Waals surface area contributed by atoms with Gasteiger partial charge in [0.05, 0.1) is 10.6 Å². The van der Waals surface area contributed by atoms with Gasteiger partial charge in [-0.1, -0.05) is 23.2 Å². The van der Waals surface area contributed by atoms with Gasteiger partial charge < -0.3 is 5.32 Å². The maximum absolute atomic E-state index is 13.0.